The van der Waals surface area contributed by atoms with Gasteiger partial charge in [0, 0.05) is 37.6 Å². The molecule has 7 heteroatoms. The summed E-state index contributed by atoms with van der Waals surface area (Å²) in [5.41, 5.74) is 8.50. The lowest BCUT2D eigenvalue weighted by Gasteiger charge is -2.29. The zero-order valence-corrected chi connectivity index (χ0v) is 17.7. The van der Waals surface area contributed by atoms with Crippen molar-refractivity contribution in [2.24, 2.45) is 17.6 Å². The molecule has 1 atom stereocenters. The molecule has 2 aromatic heterocycles. The quantitative estimate of drug-likeness (QED) is 0.673. The van der Waals surface area contributed by atoms with E-state index in [0.29, 0.717) is 33.9 Å². The van der Waals surface area contributed by atoms with Crippen molar-refractivity contribution >= 4 is 16.9 Å². The van der Waals surface area contributed by atoms with Crippen LogP contribution in [0.5, 0.6) is 0 Å². The molecule has 1 saturated carbocycles. The fourth-order valence-electron chi connectivity index (χ4n) is 4.33. The fourth-order valence-corrected chi connectivity index (χ4v) is 4.33. The van der Waals surface area contributed by atoms with E-state index in [1.165, 1.54) is 30.1 Å². The molecule has 0 saturated heterocycles. The first-order chi connectivity index (χ1) is 14.4. The van der Waals surface area contributed by atoms with Gasteiger partial charge in [-0.05, 0) is 42.9 Å². The number of rotatable bonds is 4. The van der Waals surface area contributed by atoms with Crippen LogP contribution in [0.25, 0.3) is 22.2 Å². The molecule has 158 valence electrons. The van der Waals surface area contributed by atoms with Crippen molar-refractivity contribution in [3.63, 3.8) is 0 Å². The van der Waals surface area contributed by atoms with Gasteiger partial charge in [0.2, 0.25) is 0 Å². The lowest BCUT2D eigenvalue weighted by molar-refractivity contribution is 0.0828. The van der Waals surface area contributed by atoms with Crippen LogP contribution < -0.4 is 5.73 Å². The van der Waals surface area contributed by atoms with Gasteiger partial charge in [-0.25, -0.2) is 9.37 Å². The number of carbonyl (C=O) groups excluding carboxylic acids is 1. The lowest BCUT2D eigenvalue weighted by Crippen LogP contribution is -2.26. The Hall–Kier alpha value is -2.80. The Labute approximate surface area is 175 Å². The molecule has 6 nitrogen and oxygen atoms in total. The van der Waals surface area contributed by atoms with E-state index < -0.39 is 5.82 Å². The number of imidazole rings is 1. The van der Waals surface area contributed by atoms with Crippen molar-refractivity contribution in [3.05, 3.63) is 47.8 Å². The van der Waals surface area contributed by atoms with E-state index in [9.17, 15) is 4.79 Å². The number of amides is 1. The van der Waals surface area contributed by atoms with Crippen LogP contribution in [0.1, 0.15) is 54.8 Å². The molecule has 3 aromatic rings. The Kier molecular flexibility index (Phi) is 5.56. The van der Waals surface area contributed by atoms with Gasteiger partial charge in [0.05, 0.1) is 17.1 Å². The van der Waals surface area contributed by atoms with Gasteiger partial charge < -0.3 is 15.6 Å². The molecule has 1 aromatic carbocycles. The van der Waals surface area contributed by atoms with Crippen LogP contribution in [-0.2, 0) is 0 Å². The molecule has 1 unspecified atom stereocenters. The molecular formula is C23H28FN5O. The van der Waals surface area contributed by atoms with Gasteiger partial charge in [0.15, 0.2) is 5.82 Å². The Morgan fingerprint density at radius 1 is 1.20 bits per heavy atom. The number of aromatic amines is 1. The molecule has 1 aliphatic rings. The van der Waals surface area contributed by atoms with Crippen LogP contribution in [0.15, 0.2) is 30.6 Å². The maximum absolute atomic E-state index is 15.5. The van der Waals surface area contributed by atoms with Crippen LogP contribution in [-0.4, -0.2) is 39.9 Å². The van der Waals surface area contributed by atoms with E-state index in [1.54, 1.807) is 32.3 Å². The average molecular weight is 410 g/mol. The number of aromatic nitrogens is 3. The minimum Gasteiger partial charge on any atom is -0.345 e. The molecule has 1 aliphatic carbocycles. The van der Waals surface area contributed by atoms with Crippen LogP contribution in [0.3, 0.4) is 0 Å². The molecule has 1 amide bonds. The number of halogens is 1. The summed E-state index contributed by atoms with van der Waals surface area (Å²) in [4.78, 5) is 25.8. The smallest absolute Gasteiger partial charge is 0.254 e. The number of H-pyrrole nitrogens is 1. The van der Waals surface area contributed by atoms with E-state index in [4.69, 9.17) is 5.73 Å². The molecular weight excluding hydrogens is 381 g/mol. The highest BCUT2D eigenvalue weighted by atomic mass is 19.1. The minimum atomic E-state index is -0.472. The minimum absolute atomic E-state index is 0.205. The van der Waals surface area contributed by atoms with E-state index >= 15 is 4.39 Å². The summed E-state index contributed by atoms with van der Waals surface area (Å²) in [6.07, 6.45) is 7.52. The first-order valence-electron chi connectivity index (χ1n) is 10.5. The maximum atomic E-state index is 15.5. The van der Waals surface area contributed by atoms with Gasteiger partial charge in [0.1, 0.15) is 11.3 Å². The number of carbonyl (C=O) groups is 1. The molecule has 3 N–H and O–H groups in total. The van der Waals surface area contributed by atoms with Gasteiger partial charge in [0.25, 0.3) is 5.91 Å². The van der Waals surface area contributed by atoms with Gasteiger partial charge >= 0.3 is 0 Å². The average Bonchev–Trinajstić information content (AvgIpc) is 3.19. The topological polar surface area (TPSA) is 87.9 Å². The Balaban J connectivity index is 1.72. The Morgan fingerprint density at radius 3 is 2.63 bits per heavy atom. The van der Waals surface area contributed by atoms with Crippen molar-refractivity contribution in [1.82, 2.24) is 19.9 Å². The fraction of sp³-hybridized carbons (Fsp3) is 0.435. The third-order valence-corrected chi connectivity index (χ3v) is 6.24. The number of fused-ring (bicyclic) bond motifs is 1. The molecule has 4 rings (SSSR count). The molecule has 0 aliphatic heterocycles. The summed E-state index contributed by atoms with van der Waals surface area (Å²) in [6, 6.07) is 4.82. The Bertz CT molecular complexity index is 1070. The second-order valence-electron chi connectivity index (χ2n) is 8.61. The zero-order chi connectivity index (χ0) is 21.4. The number of nitrogens with two attached hydrogens (primary N) is 1. The number of hydrogen-bond acceptors (Lipinski definition) is 4. The second kappa shape index (κ2) is 8.14. The number of nitrogens with one attached hydrogen (secondary N) is 1. The van der Waals surface area contributed by atoms with Crippen molar-refractivity contribution in [1.29, 1.82) is 0 Å². The predicted octanol–water partition coefficient (Wildman–Crippen LogP) is 4.29. The SMILES string of the molecule is CC1CCC(C(N)c2nc3c(F)c(-c4cnccc4C(=O)N(C)C)ccc3[nH]2)CC1. The van der Waals surface area contributed by atoms with Crippen molar-refractivity contribution < 1.29 is 9.18 Å². The third-order valence-electron chi connectivity index (χ3n) is 6.24. The largest absolute Gasteiger partial charge is 0.345 e. The number of hydrogen-bond donors (Lipinski definition) is 2. The molecule has 2 heterocycles. The summed E-state index contributed by atoms with van der Waals surface area (Å²) in [5.74, 6) is 1.04. The van der Waals surface area contributed by atoms with Gasteiger partial charge in [-0.3, -0.25) is 9.78 Å². The molecule has 0 spiro atoms. The predicted molar refractivity (Wildman–Crippen MR) is 115 cm³/mol. The van der Waals surface area contributed by atoms with Crippen LogP contribution in [0.2, 0.25) is 0 Å². The van der Waals surface area contributed by atoms with Gasteiger partial charge in [-0.1, -0.05) is 19.8 Å². The summed E-state index contributed by atoms with van der Waals surface area (Å²) in [6.45, 7) is 2.27. The summed E-state index contributed by atoms with van der Waals surface area (Å²) in [7, 11) is 3.33. The maximum Gasteiger partial charge on any atom is 0.254 e. The van der Waals surface area contributed by atoms with Crippen LogP contribution >= 0.6 is 0 Å². The second-order valence-corrected chi connectivity index (χ2v) is 8.61. The third kappa shape index (κ3) is 3.69. The number of nitrogens with zero attached hydrogens (tertiary/aromatic N) is 3. The van der Waals surface area contributed by atoms with Crippen molar-refractivity contribution in [3.8, 4) is 11.1 Å². The molecule has 30 heavy (non-hydrogen) atoms. The summed E-state index contributed by atoms with van der Waals surface area (Å²) >= 11 is 0. The number of benzene rings is 1. The monoisotopic (exact) mass is 409 g/mol. The normalized spacial score (nSPS) is 20.3. The van der Waals surface area contributed by atoms with Crippen molar-refractivity contribution in [2.45, 2.75) is 38.6 Å². The Morgan fingerprint density at radius 2 is 1.93 bits per heavy atom. The van der Waals surface area contributed by atoms with Gasteiger partial charge in [-0.15, -0.1) is 0 Å². The standard InChI is InChI=1S/C23H28FN5O/c1-13-4-6-14(7-5-13)20(25)22-27-18-9-8-15(19(24)21(18)28-22)17-12-26-11-10-16(17)23(30)29(2)3/h8-14,20H,4-7,25H2,1-3H3,(H,27,28). The zero-order valence-electron chi connectivity index (χ0n) is 17.7. The lowest BCUT2D eigenvalue weighted by atomic mass is 9.79. The van der Waals surface area contributed by atoms with Crippen LogP contribution in [0.4, 0.5) is 4.39 Å². The van der Waals surface area contributed by atoms with Gasteiger partial charge in [-0.2, -0.15) is 0 Å². The molecule has 0 radical (unpaired) electrons. The summed E-state index contributed by atoms with van der Waals surface area (Å²) in [5, 5.41) is 0. The highest BCUT2D eigenvalue weighted by Crippen LogP contribution is 2.36. The highest BCUT2D eigenvalue weighted by molar-refractivity contribution is 6.01. The van der Waals surface area contributed by atoms with Crippen LogP contribution in [0, 0.1) is 17.7 Å². The molecule has 1 fully saturated rings. The number of pyridine rings is 1. The summed E-state index contributed by atoms with van der Waals surface area (Å²) < 4.78 is 15.5. The van der Waals surface area contributed by atoms with E-state index in [0.717, 1.165) is 18.8 Å². The first-order valence-corrected chi connectivity index (χ1v) is 10.5. The van der Waals surface area contributed by atoms with E-state index in [2.05, 4.69) is 21.9 Å². The highest BCUT2D eigenvalue weighted by Gasteiger charge is 2.27. The van der Waals surface area contributed by atoms with E-state index in [-0.39, 0.29) is 17.5 Å². The molecule has 0 bridgehead atoms. The van der Waals surface area contributed by atoms with Crippen molar-refractivity contribution in [2.75, 3.05) is 14.1 Å². The first kappa shape index (κ1) is 20.5. The van der Waals surface area contributed by atoms with E-state index in [1.807, 2.05) is 0 Å².